The van der Waals surface area contributed by atoms with Crippen molar-refractivity contribution in [1.82, 2.24) is 5.16 Å². The van der Waals surface area contributed by atoms with Gasteiger partial charge in [-0.15, -0.1) is 11.3 Å². The number of aromatic nitrogens is 1. The Balaban J connectivity index is 1.91. The minimum absolute atomic E-state index is 0.223. The van der Waals surface area contributed by atoms with Crippen molar-refractivity contribution in [2.75, 3.05) is 4.72 Å². The molecular weight excluding hydrogens is 400 g/mol. The first-order valence-electron chi connectivity index (χ1n) is 6.68. The van der Waals surface area contributed by atoms with E-state index in [1.165, 1.54) is 0 Å². The van der Waals surface area contributed by atoms with Crippen LogP contribution in [0.3, 0.4) is 0 Å². The quantitative estimate of drug-likeness (QED) is 0.680. The Morgan fingerprint density at radius 3 is 2.65 bits per heavy atom. The number of hydrogen-bond donors (Lipinski definition) is 1. The molecule has 2 heterocycles. The lowest BCUT2D eigenvalue weighted by atomic mass is 10.2. The smallest absolute Gasteiger partial charge is 0.271 e. The summed E-state index contributed by atoms with van der Waals surface area (Å²) in [7, 11) is -3.64. The maximum atomic E-state index is 12.5. The summed E-state index contributed by atoms with van der Waals surface area (Å²) in [6.07, 6.45) is 0. The van der Waals surface area contributed by atoms with Crippen molar-refractivity contribution in [2.24, 2.45) is 0 Å². The standard InChI is InChI=1S/C15H13BrN2O3S2/c1-9-10(2)17-21-15(9)13-6-7-14(22-13)23(19,20)18-12-5-3-4-11(16)8-12/h3-8,18H,1-2H3. The van der Waals surface area contributed by atoms with Crippen molar-refractivity contribution in [3.05, 3.63) is 52.1 Å². The van der Waals surface area contributed by atoms with Crippen LogP contribution in [-0.4, -0.2) is 13.6 Å². The van der Waals surface area contributed by atoms with Gasteiger partial charge in [0.05, 0.1) is 10.6 Å². The zero-order valence-electron chi connectivity index (χ0n) is 12.3. The van der Waals surface area contributed by atoms with Crippen molar-refractivity contribution in [3.8, 4) is 10.6 Å². The molecule has 0 saturated heterocycles. The lowest BCUT2D eigenvalue weighted by Gasteiger charge is -2.06. The summed E-state index contributed by atoms with van der Waals surface area (Å²) in [4.78, 5) is 0.734. The van der Waals surface area contributed by atoms with Crippen molar-refractivity contribution < 1.29 is 12.9 Å². The van der Waals surface area contributed by atoms with Gasteiger partial charge < -0.3 is 4.52 Å². The average Bonchev–Trinajstić information content (AvgIpc) is 3.07. The molecule has 0 amide bonds. The van der Waals surface area contributed by atoms with Crippen LogP contribution in [-0.2, 0) is 10.0 Å². The molecule has 23 heavy (non-hydrogen) atoms. The number of thiophene rings is 1. The van der Waals surface area contributed by atoms with Crippen LogP contribution >= 0.6 is 27.3 Å². The Labute approximate surface area is 146 Å². The van der Waals surface area contributed by atoms with Crippen LogP contribution in [0.15, 0.2) is 49.6 Å². The number of nitrogens with zero attached hydrogens (tertiary/aromatic N) is 1. The third-order valence-corrected chi connectivity index (χ3v) is 6.75. The Hall–Kier alpha value is -1.64. The summed E-state index contributed by atoms with van der Waals surface area (Å²) in [5, 5.41) is 3.90. The van der Waals surface area contributed by atoms with Crippen LogP contribution in [0.1, 0.15) is 11.3 Å². The molecule has 3 aromatic rings. The number of anilines is 1. The molecule has 5 nitrogen and oxygen atoms in total. The molecule has 0 aliphatic carbocycles. The molecule has 1 N–H and O–H groups in total. The second-order valence-electron chi connectivity index (χ2n) is 4.96. The molecule has 0 saturated carbocycles. The van der Waals surface area contributed by atoms with E-state index in [2.05, 4.69) is 25.8 Å². The molecule has 8 heteroatoms. The van der Waals surface area contributed by atoms with Crippen LogP contribution in [0.5, 0.6) is 0 Å². The lowest BCUT2D eigenvalue weighted by Crippen LogP contribution is -2.11. The summed E-state index contributed by atoms with van der Waals surface area (Å²) in [5.41, 5.74) is 2.21. The molecule has 2 aromatic heterocycles. The first kappa shape index (κ1) is 16.2. The Morgan fingerprint density at radius 1 is 1.22 bits per heavy atom. The van der Waals surface area contributed by atoms with E-state index in [9.17, 15) is 8.42 Å². The molecule has 0 radical (unpaired) electrons. The van der Waals surface area contributed by atoms with Crippen LogP contribution < -0.4 is 4.72 Å². The third-order valence-electron chi connectivity index (χ3n) is 3.30. The predicted molar refractivity (Wildman–Crippen MR) is 94.2 cm³/mol. The zero-order chi connectivity index (χ0) is 16.6. The Bertz CT molecular complexity index is 961. The highest BCUT2D eigenvalue weighted by molar-refractivity contribution is 9.10. The monoisotopic (exact) mass is 412 g/mol. The summed E-state index contributed by atoms with van der Waals surface area (Å²) in [6.45, 7) is 3.75. The van der Waals surface area contributed by atoms with Gasteiger partial charge in [0.2, 0.25) is 0 Å². The van der Waals surface area contributed by atoms with Crippen molar-refractivity contribution >= 4 is 43.0 Å². The van der Waals surface area contributed by atoms with Gasteiger partial charge in [-0.25, -0.2) is 8.42 Å². The SMILES string of the molecule is Cc1noc(-c2ccc(S(=O)(=O)Nc3cccc(Br)c3)s2)c1C. The van der Waals surface area contributed by atoms with Gasteiger partial charge in [-0.1, -0.05) is 27.2 Å². The summed E-state index contributed by atoms with van der Waals surface area (Å²) >= 11 is 4.47. The number of hydrogen-bond acceptors (Lipinski definition) is 5. The maximum Gasteiger partial charge on any atom is 0.271 e. The number of benzene rings is 1. The van der Waals surface area contributed by atoms with Crippen molar-refractivity contribution in [2.45, 2.75) is 18.1 Å². The second-order valence-corrected chi connectivity index (χ2v) is 8.87. The van der Waals surface area contributed by atoms with Crippen LogP contribution in [0.2, 0.25) is 0 Å². The van der Waals surface area contributed by atoms with Crippen molar-refractivity contribution in [3.63, 3.8) is 0 Å². The fourth-order valence-electron chi connectivity index (χ4n) is 1.99. The van der Waals surface area contributed by atoms with E-state index in [1.54, 1.807) is 30.3 Å². The number of halogens is 1. The van der Waals surface area contributed by atoms with Crippen LogP contribution in [0.4, 0.5) is 5.69 Å². The van der Waals surface area contributed by atoms with Gasteiger partial charge in [-0.3, -0.25) is 4.72 Å². The summed E-state index contributed by atoms with van der Waals surface area (Å²) in [5.74, 6) is 0.608. The second kappa shape index (κ2) is 6.10. The lowest BCUT2D eigenvalue weighted by molar-refractivity contribution is 0.427. The molecule has 0 atom stereocenters. The molecule has 0 bridgehead atoms. The molecule has 0 spiro atoms. The molecule has 0 fully saturated rings. The van der Waals surface area contributed by atoms with Gasteiger partial charge in [-0.2, -0.15) is 0 Å². The largest absolute Gasteiger partial charge is 0.355 e. The number of nitrogens with one attached hydrogen (secondary N) is 1. The minimum atomic E-state index is -3.64. The van der Waals surface area contributed by atoms with E-state index in [-0.39, 0.29) is 4.21 Å². The van der Waals surface area contributed by atoms with E-state index in [0.29, 0.717) is 11.4 Å². The summed E-state index contributed by atoms with van der Waals surface area (Å²) in [6, 6.07) is 10.3. The van der Waals surface area contributed by atoms with E-state index >= 15 is 0 Å². The van der Waals surface area contributed by atoms with E-state index < -0.39 is 10.0 Å². The highest BCUT2D eigenvalue weighted by Gasteiger charge is 2.20. The van der Waals surface area contributed by atoms with Crippen LogP contribution in [0.25, 0.3) is 10.6 Å². The van der Waals surface area contributed by atoms with Crippen molar-refractivity contribution in [1.29, 1.82) is 0 Å². The maximum absolute atomic E-state index is 12.5. The topological polar surface area (TPSA) is 72.2 Å². The van der Waals surface area contributed by atoms with Gasteiger partial charge in [0.15, 0.2) is 5.76 Å². The van der Waals surface area contributed by atoms with Gasteiger partial charge in [0.25, 0.3) is 10.0 Å². The number of sulfonamides is 1. The molecule has 0 unspecified atom stereocenters. The highest BCUT2D eigenvalue weighted by Crippen LogP contribution is 2.34. The predicted octanol–water partition coefficient (Wildman–Crippen LogP) is 4.58. The van der Waals surface area contributed by atoms with Gasteiger partial charge in [0.1, 0.15) is 4.21 Å². The first-order valence-corrected chi connectivity index (χ1v) is 9.77. The third kappa shape index (κ3) is 3.34. The summed E-state index contributed by atoms with van der Waals surface area (Å²) < 4.78 is 33.8. The molecule has 0 aliphatic heterocycles. The molecule has 3 rings (SSSR count). The molecule has 120 valence electrons. The molecule has 0 aliphatic rings. The average molecular weight is 413 g/mol. The van der Waals surface area contributed by atoms with Gasteiger partial charge in [0, 0.05) is 15.7 Å². The minimum Gasteiger partial charge on any atom is -0.355 e. The molecular formula is C15H13BrN2O3S2. The van der Waals surface area contributed by atoms with E-state index in [4.69, 9.17) is 4.52 Å². The fourth-order valence-corrected chi connectivity index (χ4v) is 4.78. The van der Waals surface area contributed by atoms with Gasteiger partial charge >= 0.3 is 0 Å². The molecule has 1 aromatic carbocycles. The first-order chi connectivity index (χ1) is 10.9. The normalized spacial score (nSPS) is 11.6. The van der Waals surface area contributed by atoms with Gasteiger partial charge in [-0.05, 0) is 44.2 Å². The Morgan fingerprint density at radius 2 is 2.00 bits per heavy atom. The van der Waals surface area contributed by atoms with E-state index in [0.717, 1.165) is 31.9 Å². The zero-order valence-corrected chi connectivity index (χ0v) is 15.5. The number of aryl methyl sites for hydroxylation is 1. The van der Waals surface area contributed by atoms with Crippen LogP contribution in [0, 0.1) is 13.8 Å². The van der Waals surface area contributed by atoms with E-state index in [1.807, 2.05) is 19.9 Å². The number of rotatable bonds is 4. The fraction of sp³-hybridized carbons (Fsp3) is 0.133. The Kier molecular flexibility index (Phi) is 4.31. The highest BCUT2D eigenvalue weighted by atomic mass is 79.9.